The van der Waals surface area contributed by atoms with Gasteiger partial charge in [0.2, 0.25) is 0 Å². The van der Waals surface area contributed by atoms with Crippen molar-refractivity contribution >= 4 is 47.9 Å². The Morgan fingerprint density at radius 1 is 0.696 bits per heavy atom. The summed E-state index contributed by atoms with van der Waals surface area (Å²) in [6.45, 7) is 2.14. The molecule has 2 aromatic carbocycles. The quantitative estimate of drug-likeness (QED) is 0.277. The molecular weight excluding hydrogens is 356 g/mol. The molecule has 0 amide bonds. The van der Waals surface area contributed by atoms with Gasteiger partial charge in [-0.1, -0.05) is 17.7 Å². The summed E-state index contributed by atoms with van der Waals surface area (Å²) in [6.07, 6.45) is 2.57. The Labute approximate surface area is 159 Å². The highest BCUT2D eigenvalue weighted by Crippen LogP contribution is 2.22. The molecule has 0 unspecified atom stereocenters. The smallest absolute Gasteiger partial charge is 0.00727 e. The summed E-state index contributed by atoms with van der Waals surface area (Å²) >= 11 is 10.3. The molecule has 0 N–H and O–H groups in total. The van der Waals surface area contributed by atoms with E-state index in [0.29, 0.717) is 0 Å². The fourth-order valence-corrected chi connectivity index (χ4v) is 5.10. The molecule has 2 rings (SSSR count). The first-order valence-corrected chi connectivity index (χ1v) is 11.5. The van der Waals surface area contributed by atoms with Crippen molar-refractivity contribution in [2.24, 2.45) is 0 Å². The zero-order valence-electron chi connectivity index (χ0n) is 13.5. The first-order chi connectivity index (χ1) is 11.2. The van der Waals surface area contributed by atoms with Gasteiger partial charge in [0.25, 0.3) is 0 Å². The number of hydrogen-bond donors (Lipinski definition) is 1. The fraction of sp³-hybridized carbons (Fsp3) is 0.368. The Morgan fingerprint density at radius 2 is 1.17 bits per heavy atom. The largest absolute Gasteiger partial charge is 0.162 e. The molecule has 0 atom stereocenters. The molecule has 0 bridgehead atoms. The molecule has 124 valence electrons. The molecule has 0 heterocycles. The van der Waals surface area contributed by atoms with E-state index in [1.54, 1.807) is 0 Å². The van der Waals surface area contributed by atoms with Gasteiger partial charge in [-0.05, 0) is 79.2 Å². The summed E-state index contributed by atoms with van der Waals surface area (Å²) in [5, 5.41) is 0. The highest BCUT2D eigenvalue weighted by atomic mass is 32.2. The van der Waals surface area contributed by atoms with E-state index < -0.39 is 0 Å². The zero-order chi connectivity index (χ0) is 16.3. The first-order valence-electron chi connectivity index (χ1n) is 7.93. The maximum Gasteiger partial charge on any atom is 0.00727 e. The van der Waals surface area contributed by atoms with Gasteiger partial charge in [-0.3, -0.25) is 0 Å². The van der Waals surface area contributed by atoms with Crippen LogP contribution in [0.1, 0.15) is 18.4 Å². The maximum absolute atomic E-state index is 4.31. The second kappa shape index (κ2) is 11.4. The summed E-state index contributed by atoms with van der Waals surface area (Å²) in [6, 6.07) is 17.3. The van der Waals surface area contributed by atoms with Crippen LogP contribution in [-0.4, -0.2) is 23.0 Å². The van der Waals surface area contributed by atoms with Gasteiger partial charge < -0.3 is 0 Å². The van der Waals surface area contributed by atoms with Crippen LogP contribution < -0.4 is 0 Å². The van der Waals surface area contributed by atoms with Crippen molar-refractivity contribution in [2.75, 3.05) is 23.0 Å². The minimum atomic E-state index is 1.04. The third-order valence-electron chi connectivity index (χ3n) is 3.26. The Kier molecular flexibility index (Phi) is 9.50. The summed E-state index contributed by atoms with van der Waals surface area (Å²) < 4.78 is 0. The summed E-state index contributed by atoms with van der Waals surface area (Å²) in [7, 11) is 0. The molecule has 0 aliphatic rings. The number of thioether (sulfide) groups is 3. The lowest BCUT2D eigenvalue weighted by atomic mass is 10.2. The Hall–Kier alpha value is -0.160. The van der Waals surface area contributed by atoms with E-state index in [-0.39, 0.29) is 0 Å². The normalized spacial score (nSPS) is 10.9. The molecule has 23 heavy (non-hydrogen) atoms. The third kappa shape index (κ3) is 8.48. The van der Waals surface area contributed by atoms with Crippen molar-refractivity contribution in [3.05, 3.63) is 54.1 Å². The minimum absolute atomic E-state index is 1.04. The predicted octanol–water partition coefficient (Wildman–Crippen LogP) is 6.68. The molecule has 0 aliphatic heterocycles. The van der Waals surface area contributed by atoms with Crippen molar-refractivity contribution in [2.45, 2.75) is 34.5 Å². The van der Waals surface area contributed by atoms with Gasteiger partial charge in [-0.15, -0.1) is 36.2 Å². The van der Waals surface area contributed by atoms with E-state index >= 15 is 0 Å². The highest BCUT2D eigenvalue weighted by molar-refractivity contribution is 8.00. The van der Waals surface area contributed by atoms with Crippen LogP contribution >= 0.6 is 47.9 Å². The molecule has 0 saturated carbocycles. The SMILES string of the molecule is Cc1ccc(SCCCSCCCSc2ccc(S)cc2)cc1. The van der Waals surface area contributed by atoms with Gasteiger partial charge in [-0.25, -0.2) is 0 Å². The van der Waals surface area contributed by atoms with E-state index in [1.165, 1.54) is 51.2 Å². The van der Waals surface area contributed by atoms with Gasteiger partial charge in [0.15, 0.2) is 0 Å². The second-order valence-corrected chi connectivity index (χ2v) is 9.40. The van der Waals surface area contributed by atoms with Crippen LogP contribution in [-0.2, 0) is 0 Å². The number of benzene rings is 2. The van der Waals surface area contributed by atoms with Crippen LogP contribution in [0.2, 0.25) is 0 Å². The van der Waals surface area contributed by atoms with Crippen molar-refractivity contribution in [3.8, 4) is 0 Å². The van der Waals surface area contributed by atoms with E-state index in [2.05, 4.69) is 79.8 Å². The minimum Gasteiger partial charge on any atom is -0.162 e. The van der Waals surface area contributed by atoms with Crippen LogP contribution in [0.4, 0.5) is 0 Å². The molecule has 2 aromatic rings. The Balaban J connectivity index is 1.43. The van der Waals surface area contributed by atoms with Gasteiger partial charge in [0, 0.05) is 14.7 Å². The topological polar surface area (TPSA) is 0 Å². The van der Waals surface area contributed by atoms with Crippen LogP contribution in [0, 0.1) is 6.92 Å². The number of hydrogen-bond acceptors (Lipinski definition) is 4. The lowest BCUT2D eigenvalue weighted by molar-refractivity contribution is 1.09. The number of aryl methyl sites for hydroxylation is 1. The van der Waals surface area contributed by atoms with Crippen molar-refractivity contribution < 1.29 is 0 Å². The highest BCUT2D eigenvalue weighted by Gasteiger charge is 1.97. The van der Waals surface area contributed by atoms with Crippen molar-refractivity contribution in [1.29, 1.82) is 0 Å². The van der Waals surface area contributed by atoms with Crippen molar-refractivity contribution in [3.63, 3.8) is 0 Å². The number of rotatable bonds is 10. The summed E-state index contributed by atoms with van der Waals surface area (Å²) in [5.74, 6) is 4.97. The van der Waals surface area contributed by atoms with Crippen LogP contribution in [0.25, 0.3) is 0 Å². The monoisotopic (exact) mass is 380 g/mol. The third-order valence-corrected chi connectivity index (χ3v) is 6.91. The number of thiol groups is 1. The Bertz CT molecular complexity index is 497. The standard InChI is InChI=1S/C19H24S4/c1-16-4-8-18(9-5-16)22-14-2-12-21-13-3-15-23-19-10-6-17(20)7-11-19/h4-11,20H,2-3,12-15H2,1H3. The first kappa shape index (κ1) is 19.2. The molecule has 0 aromatic heterocycles. The van der Waals surface area contributed by atoms with Crippen LogP contribution in [0.3, 0.4) is 0 Å². The molecule has 0 saturated heterocycles. The predicted molar refractivity (Wildman–Crippen MR) is 113 cm³/mol. The van der Waals surface area contributed by atoms with Crippen LogP contribution in [0.15, 0.2) is 63.2 Å². The average molecular weight is 381 g/mol. The summed E-state index contributed by atoms with van der Waals surface area (Å²) in [5.41, 5.74) is 1.34. The zero-order valence-corrected chi connectivity index (χ0v) is 16.9. The molecule has 0 radical (unpaired) electrons. The lowest BCUT2D eigenvalue weighted by Crippen LogP contribution is -1.89. The molecule has 0 nitrogen and oxygen atoms in total. The maximum atomic E-state index is 4.31. The average Bonchev–Trinajstić information content (AvgIpc) is 2.56. The van der Waals surface area contributed by atoms with E-state index in [1.807, 2.05) is 23.5 Å². The molecular formula is C19H24S4. The Morgan fingerprint density at radius 3 is 1.70 bits per heavy atom. The van der Waals surface area contributed by atoms with Gasteiger partial charge >= 0.3 is 0 Å². The van der Waals surface area contributed by atoms with E-state index in [0.717, 1.165) is 4.90 Å². The molecule has 0 aliphatic carbocycles. The van der Waals surface area contributed by atoms with Crippen LogP contribution in [0.5, 0.6) is 0 Å². The van der Waals surface area contributed by atoms with Gasteiger partial charge in [0.05, 0.1) is 0 Å². The van der Waals surface area contributed by atoms with Gasteiger partial charge in [0.1, 0.15) is 0 Å². The van der Waals surface area contributed by atoms with E-state index in [9.17, 15) is 0 Å². The molecule has 0 spiro atoms. The van der Waals surface area contributed by atoms with Crippen molar-refractivity contribution in [1.82, 2.24) is 0 Å². The molecule has 4 heteroatoms. The summed E-state index contributed by atoms with van der Waals surface area (Å²) in [4.78, 5) is 3.78. The van der Waals surface area contributed by atoms with E-state index in [4.69, 9.17) is 0 Å². The molecule has 0 fully saturated rings. The lowest BCUT2D eigenvalue weighted by Gasteiger charge is -2.04. The van der Waals surface area contributed by atoms with Gasteiger partial charge in [-0.2, -0.15) is 11.8 Å². The fourth-order valence-electron chi connectivity index (χ4n) is 1.98. The second-order valence-electron chi connectivity index (χ2n) is 5.32.